The lowest BCUT2D eigenvalue weighted by molar-refractivity contribution is -0.385. The molecular weight excluding hydrogens is 252 g/mol. The molecule has 0 amide bonds. The smallest absolute Gasteiger partial charge is 0.287 e. The third-order valence-electron chi connectivity index (χ3n) is 2.54. The Kier molecular flexibility index (Phi) is 3.52. The summed E-state index contributed by atoms with van der Waals surface area (Å²) in [5.41, 5.74) is 3.55. The summed E-state index contributed by atoms with van der Waals surface area (Å²) >= 11 is 1.57. The van der Waals surface area contributed by atoms with Crippen LogP contribution in [0.5, 0.6) is 0 Å². The molecule has 0 saturated carbocycles. The van der Waals surface area contributed by atoms with Crippen LogP contribution in [0.15, 0.2) is 17.8 Å². The minimum atomic E-state index is -0.447. The van der Waals surface area contributed by atoms with Crippen molar-refractivity contribution in [3.05, 3.63) is 44.0 Å². The van der Waals surface area contributed by atoms with Gasteiger partial charge in [-0.3, -0.25) is 10.1 Å². The number of hydrogen-bond donors (Lipinski definition) is 1. The highest BCUT2D eigenvalue weighted by molar-refractivity contribution is 7.09. The van der Waals surface area contributed by atoms with E-state index in [2.05, 4.69) is 15.3 Å². The zero-order valence-electron chi connectivity index (χ0n) is 10.0. The molecule has 94 valence electrons. The van der Waals surface area contributed by atoms with Crippen molar-refractivity contribution in [2.75, 3.05) is 5.32 Å². The first-order chi connectivity index (χ1) is 8.58. The van der Waals surface area contributed by atoms with Crippen molar-refractivity contribution < 1.29 is 4.92 Å². The van der Waals surface area contributed by atoms with E-state index in [1.807, 2.05) is 6.92 Å². The number of nitro groups is 1. The molecule has 1 N–H and O–H groups in total. The summed E-state index contributed by atoms with van der Waals surface area (Å²) in [4.78, 5) is 19.5. The number of aromatic nitrogens is 2. The fourth-order valence-corrected chi connectivity index (χ4v) is 2.22. The van der Waals surface area contributed by atoms with Crippen molar-refractivity contribution in [1.29, 1.82) is 0 Å². The second-order valence-corrected chi connectivity index (χ2v) is 4.77. The van der Waals surface area contributed by atoms with E-state index in [4.69, 9.17) is 0 Å². The molecule has 0 aliphatic rings. The van der Waals surface area contributed by atoms with Crippen LogP contribution >= 0.6 is 11.3 Å². The van der Waals surface area contributed by atoms with Crippen molar-refractivity contribution in [2.24, 2.45) is 0 Å². The van der Waals surface area contributed by atoms with Crippen molar-refractivity contribution in [1.82, 2.24) is 9.97 Å². The van der Waals surface area contributed by atoms with Crippen LogP contribution in [0.3, 0.4) is 0 Å². The number of thiazole rings is 1. The van der Waals surface area contributed by atoms with Gasteiger partial charge in [-0.2, -0.15) is 0 Å². The molecule has 2 aromatic heterocycles. The zero-order valence-corrected chi connectivity index (χ0v) is 10.8. The fourth-order valence-electron chi connectivity index (χ4n) is 1.50. The predicted octanol–water partition coefficient (Wildman–Crippen LogP) is 2.68. The number of pyridine rings is 1. The molecule has 6 nitrogen and oxygen atoms in total. The van der Waals surface area contributed by atoms with Crippen molar-refractivity contribution in [2.45, 2.75) is 20.4 Å². The van der Waals surface area contributed by atoms with Crippen LogP contribution < -0.4 is 5.32 Å². The molecule has 0 bridgehead atoms. The van der Waals surface area contributed by atoms with Crippen LogP contribution in [-0.2, 0) is 6.54 Å². The van der Waals surface area contributed by atoms with E-state index in [1.165, 1.54) is 12.3 Å². The molecule has 0 aliphatic heterocycles. The Balaban J connectivity index is 2.11. The van der Waals surface area contributed by atoms with E-state index < -0.39 is 4.92 Å². The number of nitrogens with zero attached hydrogens (tertiary/aromatic N) is 3. The minimum absolute atomic E-state index is 0.00650. The van der Waals surface area contributed by atoms with Crippen molar-refractivity contribution >= 4 is 22.8 Å². The van der Waals surface area contributed by atoms with Crippen LogP contribution in [0, 0.1) is 24.0 Å². The summed E-state index contributed by atoms with van der Waals surface area (Å²) < 4.78 is 0. The first kappa shape index (κ1) is 12.4. The molecule has 2 aromatic rings. The van der Waals surface area contributed by atoms with E-state index in [-0.39, 0.29) is 5.69 Å². The minimum Gasteiger partial charge on any atom is -0.365 e. The standard InChI is InChI=1S/C11H12N4O2S/c1-7-3-9(15(16)17)4-12-11(7)13-5-10-8(2)14-6-18-10/h3-4,6H,5H2,1-2H3,(H,12,13). The number of anilines is 1. The first-order valence-electron chi connectivity index (χ1n) is 5.32. The number of aryl methyl sites for hydroxylation is 2. The van der Waals surface area contributed by atoms with Crippen molar-refractivity contribution in [3.63, 3.8) is 0 Å². The summed E-state index contributed by atoms with van der Waals surface area (Å²) in [6, 6.07) is 1.51. The van der Waals surface area contributed by atoms with Gasteiger partial charge in [0.2, 0.25) is 0 Å². The maximum absolute atomic E-state index is 10.6. The highest BCUT2D eigenvalue weighted by Gasteiger charge is 2.09. The molecule has 0 radical (unpaired) electrons. The number of nitrogens with one attached hydrogen (secondary N) is 1. The molecule has 0 spiro atoms. The van der Waals surface area contributed by atoms with Gasteiger partial charge in [-0.25, -0.2) is 9.97 Å². The molecule has 2 rings (SSSR count). The second kappa shape index (κ2) is 5.09. The molecular formula is C11H12N4O2S. The molecule has 0 atom stereocenters. The third-order valence-corrected chi connectivity index (χ3v) is 3.47. The molecule has 2 heterocycles. The summed E-state index contributed by atoms with van der Waals surface area (Å²) in [5, 5.41) is 13.8. The summed E-state index contributed by atoms with van der Waals surface area (Å²) in [6.45, 7) is 4.37. The maximum Gasteiger partial charge on any atom is 0.287 e. The summed E-state index contributed by atoms with van der Waals surface area (Å²) in [7, 11) is 0. The molecule has 0 aliphatic carbocycles. The van der Waals surface area contributed by atoms with E-state index in [0.717, 1.165) is 16.1 Å². The SMILES string of the molecule is Cc1cc([N+](=O)[O-])cnc1NCc1scnc1C. The van der Waals surface area contributed by atoms with E-state index in [9.17, 15) is 10.1 Å². The van der Waals surface area contributed by atoms with E-state index in [1.54, 1.807) is 23.8 Å². The van der Waals surface area contributed by atoms with Crippen LogP contribution in [0.25, 0.3) is 0 Å². The van der Waals surface area contributed by atoms with Gasteiger partial charge in [0.15, 0.2) is 0 Å². The average Bonchev–Trinajstić information content (AvgIpc) is 2.73. The van der Waals surface area contributed by atoms with Crippen LogP contribution in [-0.4, -0.2) is 14.9 Å². The Bertz CT molecular complexity index is 582. The zero-order chi connectivity index (χ0) is 13.1. The molecule has 7 heteroatoms. The van der Waals surface area contributed by atoms with Crippen LogP contribution in [0.1, 0.15) is 16.1 Å². The van der Waals surface area contributed by atoms with Gasteiger partial charge in [0.1, 0.15) is 12.0 Å². The first-order valence-corrected chi connectivity index (χ1v) is 6.19. The Morgan fingerprint density at radius 2 is 2.22 bits per heavy atom. The predicted molar refractivity (Wildman–Crippen MR) is 69.8 cm³/mol. The quantitative estimate of drug-likeness (QED) is 0.678. The lowest BCUT2D eigenvalue weighted by Crippen LogP contribution is -2.03. The average molecular weight is 264 g/mol. The highest BCUT2D eigenvalue weighted by Crippen LogP contribution is 2.20. The topological polar surface area (TPSA) is 81.0 Å². The Morgan fingerprint density at radius 1 is 1.44 bits per heavy atom. The van der Waals surface area contributed by atoms with Gasteiger partial charge < -0.3 is 5.32 Å². The highest BCUT2D eigenvalue weighted by atomic mass is 32.1. The molecule has 0 saturated heterocycles. The largest absolute Gasteiger partial charge is 0.365 e. The van der Waals surface area contributed by atoms with Crippen molar-refractivity contribution in [3.8, 4) is 0 Å². The molecule has 0 unspecified atom stereocenters. The lowest BCUT2D eigenvalue weighted by Gasteiger charge is -2.07. The summed E-state index contributed by atoms with van der Waals surface area (Å²) in [5.74, 6) is 0.661. The normalized spacial score (nSPS) is 10.3. The van der Waals surface area contributed by atoms with Gasteiger partial charge in [-0.1, -0.05) is 0 Å². The van der Waals surface area contributed by atoms with Crippen LogP contribution in [0.4, 0.5) is 11.5 Å². The van der Waals surface area contributed by atoms with Gasteiger partial charge in [0.25, 0.3) is 5.69 Å². The number of rotatable bonds is 4. The van der Waals surface area contributed by atoms with Gasteiger partial charge in [0, 0.05) is 10.9 Å². The Hall–Kier alpha value is -2.02. The van der Waals surface area contributed by atoms with E-state index >= 15 is 0 Å². The van der Waals surface area contributed by atoms with Gasteiger partial charge in [-0.05, 0) is 19.4 Å². The lowest BCUT2D eigenvalue weighted by atomic mass is 10.2. The number of hydrogen-bond acceptors (Lipinski definition) is 6. The summed E-state index contributed by atoms with van der Waals surface area (Å²) in [6.07, 6.45) is 1.26. The molecule has 18 heavy (non-hydrogen) atoms. The van der Waals surface area contributed by atoms with Gasteiger partial charge in [0.05, 0.1) is 22.7 Å². The van der Waals surface area contributed by atoms with Gasteiger partial charge >= 0.3 is 0 Å². The van der Waals surface area contributed by atoms with Crippen LogP contribution in [0.2, 0.25) is 0 Å². The maximum atomic E-state index is 10.6. The second-order valence-electron chi connectivity index (χ2n) is 3.83. The third kappa shape index (κ3) is 2.62. The molecule has 0 fully saturated rings. The molecule has 0 aromatic carbocycles. The van der Waals surface area contributed by atoms with E-state index in [0.29, 0.717) is 12.4 Å². The fraction of sp³-hybridized carbons (Fsp3) is 0.273. The monoisotopic (exact) mass is 264 g/mol. The van der Waals surface area contributed by atoms with Gasteiger partial charge in [-0.15, -0.1) is 11.3 Å². The Labute approximate surface area is 108 Å². The Morgan fingerprint density at radius 3 is 2.78 bits per heavy atom.